The van der Waals surface area contributed by atoms with E-state index in [2.05, 4.69) is 5.32 Å². The van der Waals surface area contributed by atoms with E-state index in [1.807, 2.05) is 31.2 Å². The minimum atomic E-state index is -3.45. The molecule has 2 atom stereocenters. The average molecular weight is 368 g/mol. The van der Waals surface area contributed by atoms with E-state index in [1.54, 1.807) is 0 Å². The standard InChI is InChI=1S/C17H24N2O5S/c1-12-5-3-6-13(9-12)10-14(17(21)22)11-18-16(20)15-7-4-8-19(15)25(2,23)24/h3,5-6,9,14-15H,4,7-8,10-11H2,1-2H3,(H,18,20)(H,21,22)/t14-,15+/m1/s1. The van der Waals surface area contributed by atoms with Gasteiger partial charge >= 0.3 is 5.97 Å². The quantitative estimate of drug-likeness (QED) is 0.740. The maximum Gasteiger partial charge on any atom is 0.308 e. The Balaban J connectivity index is 1.99. The Kier molecular flexibility index (Phi) is 6.18. The predicted octanol–water partition coefficient (Wildman–Crippen LogP) is 0.779. The number of carbonyl (C=O) groups is 2. The number of sulfonamides is 1. The smallest absolute Gasteiger partial charge is 0.308 e. The maximum absolute atomic E-state index is 12.3. The van der Waals surface area contributed by atoms with Gasteiger partial charge in [0.2, 0.25) is 15.9 Å². The number of carboxylic acids is 1. The summed E-state index contributed by atoms with van der Waals surface area (Å²) in [5.41, 5.74) is 1.93. The molecule has 0 saturated carbocycles. The lowest BCUT2D eigenvalue weighted by molar-refractivity contribution is -0.141. The van der Waals surface area contributed by atoms with Crippen LogP contribution >= 0.6 is 0 Å². The van der Waals surface area contributed by atoms with E-state index >= 15 is 0 Å². The van der Waals surface area contributed by atoms with E-state index < -0.39 is 33.9 Å². The van der Waals surface area contributed by atoms with Gasteiger partial charge in [-0.2, -0.15) is 4.31 Å². The summed E-state index contributed by atoms with van der Waals surface area (Å²) in [4.78, 5) is 23.8. The fourth-order valence-corrected chi connectivity index (χ4v) is 4.24. The van der Waals surface area contributed by atoms with E-state index in [0.717, 1.165) is 17.4 Å². The average Bonchev–Trinajstić information content (AvgIpc) is 3.00. The van der Waals surface area contributed by atoms with Gasteiger partial charge in [-0.1, -0.05) is 29.8 Å². The molecule has 8 heteroatoms. The summed E-state index contributed by atoms with van der Waals surface area (Å²) < 4.78 is 24.6. The minimum absolute atomic E-state index is 0.0315. The highest BCUT2D eigenvalue weighted by atomic mass is 32.2. The molecule has 1 aromatic rings. The molecule has 0 unspecified atom stereocenters. The minimum Gasteiger partial charge on any atom is -0.481 e. The van der Waals surface area contributed by atoms with Crippen molar-refractivity contribution in [2.45, 2.75) is 32.2 Å². The molecule has 1 amide bonds. The van der Waals surface area contributed by atoms with Crippen molar-refractivity contribution in [1.29, 1.82) is 0 Å². The van der Waals surface area contributed by atoms with E-state index in [9.17, 15) is 23.1 Å². The number of hydrogen-bond acceptors (Lipinski definition) is 4. The second-order valence-electron chi connectivity index (χ2n) is 6.51. The van der Waals surface area contributed by atoms with Crippen molar-refractivity contribution in [2.75, 3.05) is 19.3 Å². The van der Waals surface area contributed by atoms with Gasteiger partial charge in [0.05, 0.1) is 12.2 Å². The van der Waals surface area contributed by atoms with Gasteiger partial charge in [0.15, 0.2) is 0 Å². The Bertz CT molecular complexity index is 747. The van der Waals surface area contributed by atoms with Gasteiger partial charge in [0.1, 0.15) is 6.04 Å². The zero-order valence-electron chi connectivity index (χ0n) is 14.4. The van der Waals surface area contributed by atoms with Crippen LogP contribution in [0.4, 0.5) is 0 Å². The van der Waals surface area contributed by atoms with Crippen LogP contribution in [-0.2, 0) is 26.0 Å². The first kappa shape index (κ1) is 19.4. The molecule has 138 valence electrons. The molecule has 1 fully saturated rings. The lowest BCUT2D eigenvalue weighted by Gasteiger charge is -2.22. The van der Waals surface area contributed by atoms with Crippen molar-refractivity contribution in [2.24, 2.45) is 5.92 Å². The van der Waals surface area contributed by atoms with Crippen LogP contribution in [0.2, 0.25) is 0 Å². The SMILES string of the molecule is Cc1cccc(C[C@H](CNC(=O)[C@@H]2CCCN2S(C)(=O)=O)C(=O)O)c1. The van der Waals surface area contributed by atoms with Crippen molar-refractivity contribution >= 4 is 21.9 Å². The third-order valence-corrected chi connectivity index (χ3v) is 5.66. The van der Waals surface area contributed by atoms with Gasteiger partial charge in [-0.15, -0.1) is 0 Å². The highest BCUT2D eigenvalue weighted by molar-refractivity contribution is 7.88. The molecule has 0 radical (unpaired) electrons. The summed E-state index contributed by atoms with van der Waals surface area (Å²) in [5, 5.41) is 12.0. The zero-order valence-corrected chi connectivity index (χ0v) is 15.3. The summed E-state index contributed by atoms with van der Waals surface area (Å²) in [7, 11) is -3.45. The molecule has 2 rings (SSSR count). The van der Waals surface area contributed by atoms with Crippen LogP contribution in [-0.4, -0.2) is 55.1 Å². The van der Waals surface area contributed by atoms with Crippen molar-refractivity contribution < 1.29 is 23.1 Å². The fraction of sp³-hybridized carbons (Fsp3) is 0.529. The lowest BCUT2D eigenvalue weighted by atomic mass is 9.98. The predicted molar refractivity (Wildman–Crippen MR) is 93.6 cm³/mol. The van der Waals surface area contributed by atoms with E-state index in [0.29, 0.717) is 25.8 Å². The Morgan fingerprint density at radius 2 is 2.12 bits per heavy atom. The van der Waals surface area contributed by atoms with Crippen LogP contribution in [0.25, 0.3) is 0 Å². The first-order chi connectivity index (χ1) is 11.7. The van der Waals surface area contributed by atoms with E-state index in [4.69, 9.17) is 0 Å². The van der Waals surface area contributed by atoms with Crippen LogP contribution < -0.4 is 5.32 Å². The third kappa shape index (κ3) is 5.27. The normalized spacial score (nSPS) is 19.5. The monoisotopic (exact) mass is 368 g/mol. The summed E-state index contributed by atoms with van der Waals surface area (Å²) in [5.74, 6) is -2.19. The molecule has 0 spiro atoms. The topological polar surface area (TPSA) is 104 Å². The third-order valence-electron chi connectivity index (χ3n) is 4.37. The highest BCUT2D eigenvalue weighted by Crippen LogP contribution is 2.20. The number of hydrogen-bond donors (Lipinski definition) is 2. The zero-order chi connectivity index (χ0) is 18.6. The number of aliphatic carboxylic acids is 1. The summed E-state index contributed by atoms with van der Waals surface area (Å²) in [6.45, 7) is 2.22. The Morgan fingerprint density at radius 1 is 1.40 bits per heavy atom. The number of nitrogens with one attached hydrogen (secondary N) is 1. The number of rotatable bonds is 7. The fourth-order valence-electron chi connectivity index (χ4n) is 3.11. The van der Waals surface area contributed by atoms with Crippen LogP contribution in [0.3, 0.4) is 0 Å². The first-order valence-corrected chi connectivity index (χ1v) is 10.1. The van der Waals surface area contributed by atoms with Crippen LogP contribution in [0.5, 0.6) is 0 Å². The number of aryl methyl sites for hydroxylation is 1. The van der Waals surface area contributed by atoms with Gasteiger partial charge in [0.25, 0.3) is 0 Å². The summed E-state index contributed by atoms with van der Waals surface area (Å²) >= 11 is 0. The molecule has 7 nitrogen and oxygen atoms in total. The molecular formula is C17H24N2O5S. The summed E-state index contributed by atoms with van der Waals surface area (Å²) in [6, 6.07) is 6.82. The van der Waals surface area contributed by atoms with Crippen LogP contribution in [0.1, 0.15) is 24.0 Å². The van der Waals surface area contributed by atoms with Gasteiger partial charge in [0, 0.05) is 13.1 Å². The van der Waals surface area contributed by atoms with Gasteiger partial charge in [-0.05, 0) is 31.7 Å². The molecule has 2 N–H and O–H groups in total. The number of benzene rings is 1. The molecule has 1 heterocycles. The summed E-state index contributed by atoms with van der Waals surface area (Å²) in [6.07, 6.45) is 2.46. The molecule has 1 saturated heterocycles. The van der Waals surface area contributed by atoms with Crippen molar-refractivity contribution in [3.63, 3.8) is 0 Å². The largest absolute Gasteiger partial charge is 0.481 e. The van der Waals surface area contributed by atoms with Crippen LogP contribution in [0, 0.1) is 12.8 Å². The van der Waals surface area contributed by atoms with E-state index in [-0.39, 0.29) is 6.54 Å². The number of carbonyl (C=O) groups excluding carboxylic acids is 1. The van der Waals surface area contributed by atoms with Gasteiger partial charge in [-0.25, -0.2) is 8.42 Å². The number of amides is 1. The highest BCUT2D eigenvalue weighted by Gasteiger charge is 2.36. The maximum atomic E-state index is 12.3. The number of nitrogens with zero attached hydrogens (tertiary/aromatic N) is 1. The Labute approximate surface area is 148 Å². The second-order valence-corrected chi connectivity index (χ2v) is 8.44. The molecule has 0 aliphatic carbocycles. The molecule has 1 aliphatic rings. The molecule has 1 aromatic carbocycles. The molecule has 25 heavy (non-hydrogen) atoms. The van der Waals surface area contributed by atoms with Crippen molar-refractivity contribution in [3.05, 3.63) is 35.4 Å². The van der Waals surface area contributed by atoms with Crippen molar-refractivity contribution in [1.82, 2.24) is 9.62 Å². The van der Waals surface area contributed by atoms with Gasteiger partial charge < -0.3 is 10.4 Å². The van der Waals surface area contributed by atoms with Gasteiger partial charge in [-0.3, -0.25) is 9.59 Å². The van der Waals surface area contributed by atoms with Crippen molar-refractivity contribution in [3.8, 4) is 0 Å². The molecule has 0 aromatic heterocycles. The first-order valence-electron chi connectivity index (χ1n) is 8.21. The lowest BCUT2D eigenvalue weighted by Crippen LogP contribution is -2.47. The molecule has 1 aliphatic heterocycles. The Morgan fingerprint density at radius 3 is 2.72 bits per heavy atom. The molecular weight excluding hydrogens is 344 g/mol. The van der Waals surface area contributed by atoms with Crippen LogP contribution in [0.15, 0.2) is 24.3 Å². The number of carboxylic acid groups (broad SMARTS) is 1. The van der Waals surface area contributed by atoms with E-state index in [1.165, 1.54) is 4.31 Å². The Hall–Kier alpha value is -1.93. The molecule has 0 bridgehead atoms. The second kappa shape index (κ2) is 7.97.